The van der Waals surface area contributed by atoms with E-state index in [0.29, 0.717) is 12.1 Å². The number of ether oxygens (including phenoxy) is 1. The minimum atomic E-state index is 0.531. The van der Waals surface area contributed by atoms with Gasteiger partial charge in [0.1, 0.15) is 0 Å². The van der Waals surface area contributed by atoms with Gasteiger partial charge >= 0.3 is 0 Å². The molecule has 4 atom stereocenters. The van der Waals surface area contributed by atoms with Crippen LogP contribution in [0.5, 0.6) is 0 Å². The Morgan fingerprint density at radius 2 is 1.93 bits per heavy atom. The maximum atomic E-state index is 6.05. The van der Waals surface area contributed by atoms with E-state index in [1.54, 1.807) is 0 Å². The maximum Gasteiger partial charge on any atom is 0.0644 e. The predicted octanol–water partition coefficient (Wildman–Crippen LogP) is 2.39. The van der Waals surface area contributed by atoms with Crippen LogP contribution in [0.15, 0.2) is 0 Å². The summed E-state index contributed by atoms with van der Waals surface area (Å²) in [7, 11) is 0. The predicted molar refractivity (Wildman–Crippen MR) is 62.9 cm³/mol. The van der Waals surface area contributed by atoms with Gasteiger partial charge in [0.2, 0.25) is 0 Å². The van der Waals surface area contributed by atoms with Crippen molar-refractivity contribution in [2.45, 2.75) is 46.3 Å². The van der Waals surface area contributed by atoms with Crippen LogP contribution in [0, 0.1) is 17.8 Å². The average molecular weight is 211 g/mol. The van der Waals surface area contributed by atoms with Crippen LogP contribution in [0.4, 0.5) is 0 Å². The van der Waals surface area contributed by atoms with E-state index in [2.05, 4.69) is 32.6 Å². The highest BCUT2D eigenvalue weighted by Crippen LogP contribution is 2.39. The van der Waals surface area contributed by atoms with Gasteiger partial charge < -0.3 is 4.74 Å². The molecule has 0 aromatic carbocycles. The van der Waals surface area contributed by atoms with Crippen LogP contribution in [0.25, 0.3) is 0 Å². The van der Waals surface area contributed by atoms with Gasteiger partial charge in [-0.2, -0.15) is 0 Å². The van der Waals surface area contributed by atoms with Crippen molar-refractivity contribution in [1.29, 1.82) is 0 Å². The molecule has 1 heterocycles. The zero-order valence-corrected chi connectivity index (χ0v) is 10.6. The Balaban J connectivity index is 2.07. The summed E-state index contributed by atoms with van der Waals surface area (Å²) in [6, 6.07) is 0.662. The molecule has 2 rings (SSSR count). The van der Waals surface area contributed by atoms with Crippen LogP contribution in [0.3, 0.4) is 0 Å². The lowest BCUT2D eigenvalue weighted by molar-refractivity contribution is 0.0183. The quantitative estimate of drug-likeness (QED) is 0.660. The molecule has 0 aromatic rings. The van der Waals surface area contributed by atoms with Crippen molar-refractivity contribution in [3.63, 3.8) is 0 Å². The largest absolute Gasteiger partial charge is 0.376 e. The molecule has 4 unspecified atom stereocenters. The molecule has 0 radical (unpaired) electrons. The molecule has 1 saturated carbocycles. The first-order valence-corrected chi connectivity index (χ1v) is 6.45. The first kappa shape index (κ1) is 11.4. The Kier molecular flexibility index (Phi) is 3.36. The van der Waals surface area contributed by atoms with Crippen LogP contribution < -0.4 is 0 Å². The van der Waals surface area contributed by atoms with Crippen LogP contribution in [-0.2, 0) is 4.74 Å². The fourth-order valence-corrected chi connectivity index (χ4v) is 3.35. The molecular weight excluding hydrogens is 186 g/mol. The zero-order valence-electron chi connectivity index (χ0n) is 10.6. The van der Waals surface area contributed by atoms with Crippen LogP contribution in [-0.4, -0.2) is 36.7 Å². The Morgan fingerprint density at radius 3 is 2.60 bits per heavy atom. The van der Waals surface area contributed by atoms with Gasteiger partial charge in [-0.05, 0) is 32.1 Å². The molecule has 2 fully saturated rings. The molecule has 2 nitrogen and oxygen atoms in total. The third-order valence-corrected chi connectivity index (χ3v) is 4.32. The number of nitrogens with zero attached hydrogens (tertiary/aromatic N) is 1. The second-order valence-corrected chi connectivity index (χ2v) is 5.78. The lowest BCUT2D eigenvalue weighted by Crippen LogP contribution is -2.37. The van der Waals surface area contributed by atoms with Crippen molar-refractivity contribution < 1.29 is 4.74 Å². The Labute approximate surface area is 94.0 Å². The summed E-state index contributed by atoms with van der Waals surface area (Å²) in [6.45, 7) is 12.6. The molecule has 2 heteroatoms. The van der Waals surface area contributed by atoms with Gasteiger partial charge in [-0.25, -0.2) is 0 Å². The minimum Gasteiger partial charge on any atom is -0.376 e. The summed E-state index contributed by atoms with van der Waals surface area (Å²) in [4.78, 5) is 2.58. The smallest absolute Gasteiger partial charge is 0.0644 e. The Morgan fingerprint density at radius 1 is 1.20 bits per heavy atom. The van der Waals surface area contributed by atoms with Gasteiger partial charge in [-0.1, -0.05) is 13.8 Å². The van der Waals surface area contributed by atoms with Crippen LogP contribution >= 0.6 is 0 Å². The summed E-state index contributed by atoms with van der Waals surface area (Å²) >= 11 is 0. The molecule has 0 aromatic heterocycles. The molecule has 0 spiro atoms. The van der Waals surface area contributed by atoms with Gasteiger partial charge in [0, 0.05) is 25.0 Å². The van der Waals surface area contributed by atoms with E-state index in [-0.39, 0.29) is 0 Å². The van der Waals surface area contributed by atoms with Crippen molar-refractivity contribution in [2.24, 2.45) is 17.8 Å². The first-order chi connectivity index (χ1) is 7.09. The number of hydrogen-bond acceptors (Lipinski definition) is 2. The molecule has 2 aliphatic rings. The van der Waals surface area contributed by atoms with E-state index in [4.69, 9.17) is 4.74 Å². The molecule has 0 N–H and O–H groups in total. The van der Waals surface area contributed by atoms with E-state index < -0.39 is 0 Å². The summed E-state index contributed by atoms with van der Waals surface area (Å²) < 4.78 is 6.05. The van der Waals surface area contributed by atoms with Crippen molar-refractivity contribution in [2.75, 3.05) is 19.7 Å². The van der Waals surface area contributed by atoms with Gasteiger partial charge in [0.05, 0.1) is 12.7 Å². The van der Waals surface area contributed by atoms with Crippen LogP contribution in [0.2, 0.25) is 0 Å². The van der Waals surface area contributed by atoms with Crippen molar-refractivity contribution in [3.8, 4) is 0 Å². The molecule has 1 aliphatic heterocycles. The fraction of sp³-hybridized carbons (Fsp3) is 1.00. The Hall–Kier alpha value is -0.0800. The second-order valence-electron chi connectivity index (χ2n) is 5.78. The minimum absolute atomic E-state index is 0.531. The normalized spacial score (nSPS) is 43.0. The summed E-state index contributed by atoms with van der Waals surface area (Å²) in [5.41, 5.74) is 0. The van der Waals surface area contributed by atoms with E-state index in [0.717, 1.165) is 30.9 Å². The SMILES string of the molecule is CC1CC(C)C2OCCN(C(C)C)CC12. The lowest BCUT2D eigenvalue weighted by atomic mass is 9.95. The van der Waals surface area contributed by atoms with Crippen molar-refractivity contribution >= 4 is 0 Å². The highest BCUT2D eigenvalue weighted by molar-refractivity contribution is 4.91. The zero-order chi connectivity index (χ0) is 11.0. The third kappa shape index (κ3) is 2.21. The molecular formula is C13H25NO. The van der Waals surface area contributed by atoms with Gasteiger partial charge in [0.25, 0.3) is 0 Å². The number of rotatable bonds is 1. The first-order valence-electron chi connectivity index (χ1n) is 6.45. The molecule has 1 saturated heterocycles. The standard InChI is InChI=1S/C13H25NO/c1-9(2)14-5-6-15-13-11(4)7-10(3)12(13)8-14/h9-13H,5-8H2,1-4H3. The second kappa shape index (κ2) is 4.42. The van der Waals surface area contributed by atoms with Gasteiger partial charge in [0.15, 0.2) is 0 Å². The molecule has 15 heavy (non-hydrogen) atoms. The van der Waals surface area contributed by atoms with E-state index in [9.17, 15) is 0 Å². The highest BCUT2D eigenvalue weighted by atomic mass is 16.5. The van der Waals surface area contributed by atoms with E-state index >= 15 is 0 Å². The molecule has 0 bridgehead atoms. The van der Waals surface area contributed by atoms with E-state index in [1.165, 1.54) is 13.0 Å². The highest BCUT2D eigenvalue weighted by Gasteiger charge is 2.41. The topological polar surface area (TPSA) is 12.5 Å². The molecule has 0 amide bonds. The molecule has 88 valence electrons. The summed E-state index contributed by atoms with van der Waals surface area (Å²) in [5, 5.41) is 0. The van der Waals surface area contributed by atoms with Crippen LogP contribution in [0.1, 0.15) is 34.1 Å². The summed E-state index contributed by atoms with van der Waals surface area (Å²) in [5.74, 6) is 2.37. The lowest BCUT2D eigenvalue weighted by Gasteiger charge is -2.28. The van der Waals surface area contributed by atoms with Crippen molar-refractivity contribution in [3.05, 3.63) is 0 Å². The van der Waals surface area contributed by atoms with Gasteiger partial charge in [-0.15, -0.1) is 0 Å². The number of hydrogen-bond donors (Lipinski definition) is 0. The van der Waals surface area contributed by atoms with Gasteiger partial charge in [-0.3, -0.25) is 4.90 Å². The molecule has 1 aliphatic carbocycles. The Bertz CT molecular complexity index is 217. The van der Waals surface area contributed by atoms with Crippen molar-refractivity contribution in [1.82, 2.24) is 4.90 Å². The van der Waals surface area contributed by atoms with E-state index in [1.807, 2.05) is 0 Å². The average Bonchev–Trinajstić information content (AvgIpc) is 2.41. The third-order valence-electron chi connectivity index (χ3n) is 4.32. The monoisotopic (exact) mass is 211 g/mol. The number of fused-ring (bicyclic) bond motifs is 1. The maximum absolute atomic E-state index is 6.05. The fourth-order valence-electron chi connectivity index (χ4n) is 3.35. The summed E-state index contributed by atoms with van der Waals surface area (Å²) in [6.07, 6.45) is 1.88.